The number of rotatable bonds is 5. The molecule has 0 spiro atoms. The lowest BCUT2D eigenvalue weighted by molar-refractivity contribution is 0.0690. The fraction of sp³-hybridized carbons (Fsp3) is 0.250. The molecule has 0 aliphatic heterocycles. The second kappa shape index (κ2) is 5.31. The molecule has 0 saturated heterocycles. The first kappa shape index (κ1) is 12.1. The SMILES string of the molecule is CC(Cn1ccnc1)Nc1ccc(C(=O)O)nc1. The summed E-state index contributed by atoms with van der Waals surface area (Å²) < 4.78 is 1.97. The fourth-order valence-corrected chi connectivity index (χ4v) is 1.65. The number of carboxylic acid groups (broad SMARTS) is 1. The largest absolute Gasteiger partial charge is 0.477 e. The van der Waals surface area contributed by atoms with E-state index >= 15 is 0 Å². The maximum atomic E-state index is 10.7. The van der Waals surface area contributed by atoms with Gasteiger partial charge in [-0.2, -0.15) is 0 Å². The summed E-state index contributed by atoms with van der Waals surface area (Å²) in [6.07, 6.45) is 6.90. The number of hydrogen-bond donors (Lipinski definition) is 2. The van der Waals surface area contributed by atoms with Crippen molar-refractivity contribution in [2.24, 2.45) is 0 Å². The van der Waals surface area contributed by atoms with E-state index in [2.05, 4.69) is 15.3 Å². The molecule has 6 nitrogen and oxygen atoms in total. The Balaban J connectivity index is 1.94. The van der Waals surface area contributed by atoms with E-state index in [0.717, 1.165) is 12.2 Å². The van der Waals surface area contributed by atoms with Gasteiger partial charge in [-0.3, -0.25) is 0 Å². The summed E-state index contributed by atoms with van der Waals surface area (Å²) in [6, 6.07) is 3.38. The molecule has 0 amide bonds. The van der Waals surface area contributed by atoms with Crippen molar-refractivity contribution in [1.82, 2.24) is 14.5 Å². The molecule has 2 N–H and O–H groups in total. The molecule has 18 heavy (non-hydrogen) atoms. The van der Waals surface area contributed by atoms with Gasteiger partial charge in [0.15, 0.2) is 0 Å². The van der Waals surface area contributed by atoms with Gasteiger partial charge in [-0.25, -0.2) is 14.8 Å². The van der Waals surface area contributed by atoms with E-state index in [1.807, 2.05) is 17.7 Å². The zero-order valence-corrected chi connectivity index (χ0v) is 9.95. The molecule has 2 aromatic heterocycles. The first-order chi connectivity index (χ1) is 8.65. The van der Waals surface area contributed by atoms with Gasteiger partial charge in [0.05, 0.1) is 18.2 Å². The second-order valence-corrected chi connectivity index (χ2v) is 4.04. The van der Waals surface area contributed by atoms with Crippen molar-refractivity contribution >= 4 is 11.7 Å². The highest BCUT2D eigenvalue weighted by Gasteiger charge is 2.06. The standard InChI is InChI=1S/C12H14N4O2/c1-9(7-16-5-4-13-8-16)15-10-2-3-11(12(17)18)14-6-10/h2-6,8-9,15H,7H2,1H3,(H,17,18). The van der Waals surface area contributed by atoms with Gasteiger partial charge < -0.3 is 15.0 Å². The van der Waals surface area contributed by atoms with Gasteiger partial charge in [0.25, 0.3) is 0 Å². The molecule has 0 aromatic carbocycles. The van der Waals surface area contributed by atoms with Crippen LogP contribution in [-0.2, 0) is 6.54 Å². The van der Waals surface area contributed by atoms with Crippen molar-refractivity contribution in [3.05, 3.63) is 42.7 Å². The highest BCUT2D eigenvalue weighted by molar-refractivity contribution is 5.85. The van der Waals surface area contributed by atoms with E-state index in [4.69, 9.17) is 5.11 Å². The third kappa shape index (κ3) is 3.07. The van der Waals surface area contributed by atoms with Crippen molar-refractivity contribution in [2.75, 3.05) is 5.32 Å². The number of imidazole rings is 1. The topological polar surface area (TPSA) is 80.0 Å². The number of hydrogen-bond acceptors (Lipinski definition) is 4. The van der Waals surface area contributed by atoms with Crippen molar-refractivity contribution < 1.29 is 9.90 Å². The Bertz CT molecular complexity index is 507. The van der Waals surface area contributed by atoms with Crippen LogP contribution >= 0.6 is 0 Å². The number of carbonyl (C=O) groups is 1. The van der Waals surface area contributed by atoms with E-state index in [-0.39, 0.29) is 11.7 Å². The Labute approximate surface area is 104 Å². The molecule has 0 radical (unpaired) electrons. The predicted octanol–water partition coefficient (Wildman–Crippen LogP) is 1.48. The zero-order chi connectivity index (χ0) is 13.0. The normalized spacial score (nSPS) is 12.1. The maximum Gasteiger partial charge on any atom is 0.354 e. The Morgan fingerprint density at radius 3 is 2.94 bits per heavy atom. The Morgan fingerprint density at radius 1 is 1.56 bits per heavy atom. The van der Waals surface area contributed by atoms with Crippen LogP contribution in [0.15, 0.2) is 37.1 Å². The summed E-state index contributed by atoms with van der Waals surface area (Å²) in [4.78, 5) is 18.5. The van der Waals surface area contributed by atoms with Gasteiger partial charge in [-0.15, -0.1) is 0 Å². The second-order valence-electron chi connectivity index (χ2n) is 4.04. The van der Waals surface area contributed by atoms with Crippen LogP contribution in [0.2, 0.25) is 0 Å². The molecular weight excluding hydrogens is 232 g/mol. The summed E-state index contributed by atoms with van der Waals surface area (Å²) in [6.45, 7) is 2.81. The van der Waals surface area contributed by atoms with Crippen molar-refractivity contribution in [2.45, 2.75) is 19.5 Å². The predicted molar refractivity (Wildman–Crippen MR) is 66.5 cm³/mol. The summed E-state index contributed by atoms with van der Waals surface area (Å²) in [5, 5.41) is 12.0. The molecule has 2 heterocycles. The minimum Gasteiger partial charge on any atom is -0.477 e. The quantitative estimate of drug-likeness (QED) is 0.835. The molecule has 0 fully saturated rings. The lowest BCUT2D eigenvalue weighted by Gasteiger charge is -2.15. The van der Waals surface area contributed by atoms with Crippen LogP contribution < -0.4 is 5.32 Å². The third-order valence-electron chi connectivity index (χ3n) is 2.44. The number of nitrogens with one attached hydrogen (secondary N) is 1. The maximum absolute atomic E-state index is 10.7. The first-order valence-electron chi connectivity index (χ1n) is 5.57. The van der Waals surface area contributed by atoms with Gasteiger partial charge in [0.2, 0.25) is 0 Å². The number of pyridine rings is 1. The van der Waals surface area contributed by atoms with Gasteiger partial charge in [0, 0.05) is 25.0 Å². The summed E-state index contributed by atoms with van der Waals surface area (Å²) in [7, 11) is 0. The number of anilines is 1. The Hall–Kier alpha value is -2.37. The lowest BCUT2D eigenvalue weighted by atomic mass is 10.3. The van der Waals surface area contributed by atoms with Crippen LogP contribution in [0.5, 0.6) is 0 Å². The van der Waals surface area contributed by atoms with Crippen molar-refractivity contribution in [1.29, 1.82) is 0 Å². The minimum absolute atomic E-state index is 0.0443. The van der Waals surface area contributed by atoms with E-state index in [1.54, 1.807) is 18.6 Å². The average Bonchev–Trinajstić information content (AvgIpc) is 2.82. The Kier molecular flexibility index (Phi) is 3.57. The lowest BCUT2D eigenvalue weighted by Crippen LogP contribution is -2.21. The van der Waals surface area contributed by atoms with Gasteiger partial charge in [0.1, 0.15) is 5.69 Å². The van der Waals surface area contributed by atoms with Crippen molar-refractivity contribution in [3.8, 4) is 0 Å². The summed E-state index contributed by atoms with van der Waals surface area (Å²) in [5.74, 6) is -1.02. The molecular formula is C12H14N4O2. The van der Waals surface area contributed by atoms with Crippen LogP contribution in [0.25, 0.3) is 0 Å². The van der Waals surface area contributed by atoms with Crippen LogP contribution in [-0.4, -0.2) is 31.7 Å². The molecule has 0 saturated carbocycles. The monoisotopic (exact) mass is 246 g/mol. The van der Waals surface area contributed by atoms with Crippen LogP contribution in [0.3, 0.4) is 0 Å². The van der Waals surface area contributed by atoms with Gasteiger partial charge in [-0.05, 0) is 19.1 Å². The molecule has 2 rings (SSSR count). The molecule has 0 aliphatic rings. The molecule has 1 atom stereocenters. The highest BCUT2D eigenvalue weighted by atomic mass is 16.4. The molecule has 0 aliphatic carbocycles. The number of nitrogens with zero attached hydrogens (tertiary/aromatic N) is 3. The van der Waals surface area contributed by atoms with E-state index in [0.29, 0.717) is 0 Å². The third-order valence-corrected chi connectivity index (χ3v) is 2.44. The molecule has 94 valence electrons. The van der Waals surface area contributed by atoms with Crippen LogP contribution in [0.4, 0.5) is 5.69 Å². The van der Waals surface area contributed by atoms with E-state index in [1.165, 1.54) is 12.3 Å². The van der Waals surface area contributed by atoms with Gasteiger partial charge >= 0.3 is 5.97 Å². The van der Waals surface area contributed by atoms with E-state index in [9.17, 15) is 4.79 Å². The smallest absolute Gasteiger partial charge is 0.354 e. The average molecular weight is 246 g/mol. The fourth-order valence-electron chi connectivity index (χ4n) is 1.65. The van der Waals surface area contributed by atoms with Gasteiger partial charge in [-0.1, -0.05) is 0 Å². The highest BCUT2D eigenvalue weighted by Crippen LogP contribution is 2.08. The summed E-state index contributed by atoms with van der Waals surface area (Å²) in [5.41, 5.74) is 0.843. The van der Waals surface area contributed by atoms with E-state index < -0.39 is 5.97 Å². The minimum atomic E-state index is -1.02. The zero-order valence-electron chi connectivity index (χ0n) is 9.95. The summed E-state index contributed by atoms with van der Waals surface area (Å²) >= 11 is 0. The molecule has 1 unspecified atom stereocenters. The Morgan fingerprint density at radius 2 is 2.39 bits per heavy atom. The molecule has 2 aromatic rings. The van der Waals surface area contributed by atoms with Crippen LogP contribution in [0, 0.1) is 0 Å². The number of aromatic carboxylic acids is 1. The molecule has 6 heteroatoms. The molecule has 0 bridgehead atoms. The van der Waals surface area contributed by atoms with Crippen molar-refractivity contribution in [3.63, 3.8) is 0 Å². The number of aromatic nitrogens is 3. The number of carboxylic acids is 1. The first-order valence-corrected chi connectivity index (χ1v) is 5.57. The van der Waals surface area contributed by atoms with Crippen LogP contribution in [0.1, 0.15) is 17.4 Å².